The van der Waals surface area contributed by atoms with Crippen LogP contribution in [0.4, 0.5) is 13.2 Å². The van der Waals surface area contributed by atoms with Crippen molar-refractivity contribution < 1.29 is 23.1 Å². The zero-order valence-electron chi connectivity index (χ0n) is 10.0. The number of alkyl halides is 3. The first-order chi connectivity index (χ1) is 8.14. The van der Waals surface area contributed by atoms with Gasteiger partial charge in [0.2, 0.25) is 0 Å². The first-order valence-corrected chi connectivity index (χ1v) is 5.52. The Morgan fingerprint density at radius 1 is 1.56 bits per heavy atom. The summed E-state index contributed by atoms with van der Waals surface area (Å²) < 4.78 is 41.0. The van der Waals surface area contributed by atoms with Gasteiger partial charge in [-0.25, -0.2) is 9.18 Å². The quantitative estimate of drug-likeness (QED) is 0.907. The normalized spacial score (nSPS) is 17.8. The van der Waals surface area contributed by atoms with Gasteiger partial charge in [0.05, 0.1) is 6.54 Å². The molecule has 0 saturated heterocycles. The van der Waals surface area contributed by atoms with Crippen LogP contribution in [0, 0.1) is 6.92 Å². The summed E-state index contributed by atoms with van der Waals surface area (Å²) in [5.41, 5.74) is -2.58. The van der Waals surface area contributed by atoms with Crippen molar-refractivity contribution in [3.05, 3.63) is 17.0 Å². The second kappa shape index (κ2) is 3.73. The Labute approximate surface area is 101 Å². The molecule has 1 aliphatic rings. The van der Waals surface area contributed by atoms with Crippen molar-refractivity contribution in [1.82, 2.24) is 9.78 Å². The maximum atomic E-state index is 13.6. The highest BCUT2D eigenvalue weighted by atomic mass is 19.3. The number of aromatic carboxylic acids is 1. The molecule has 1 aromatic rings. The zero-order valence-corrected chi connectivity index (χ0v) is 10.0. The molecule has 7 heteroatoms. The first kappa shape index (κ1) is 12.9. The number of nitrogens with zero attached hydrogens (tertiary/aromatic N) is 2. The van der Waals surface area contributed by atoms with Crippen molar-refractivity contribution >= 4 is 5.97 Å². The van der Waals surface area contributed by atoms with Crippen LogP contribution >= 0.6 is 0 Å². The molecule has 0 aliphatic heterocycles. The third kappa shape index (κ3) is 2.21. The molecule has 0 bridgehead atoms. The van der Waals surface area contributed by atoms with Gasteiger partial charge in [-0.1, -0.05) is 0 Å². The van der Waals surface area contributed by atoms with Gasteiger partial charge in [-0.3, -0.25) is 4.68 Å². The number of carbonyl (C=O) groups is 1. The number of hydrogen-bond acceptors (Lipinski definition) is 2. The topological polar surface area (TPSA) is 55.1 Å². The van der Waals surface area contributed by atoms with Gasteiger partial charge >= 0.3 is 5.97 Å². The van der Waals surface area contributed by atoms with Gasteiger partial charge in [0.25, 0.3) is 5.92 Å². The summed E-state index contributed by atoms with van der Waals surface area (Å²) in [6, 6.07) is 0. The highest BCUT2D eigenvalue weighted by molar-refractivity contribution is 5.87. The molecule has 18 heavy (non-hydrogen) atoms. The minimum Gasteiger partial charge on any atom is -0.477 e. The van der Waals surface area contributed by atoms with Crippen molar-refractivity contribution in [2.75, 3.05) is 0 Å². The van der Waals surface area contributed by atoms with E-state index >= 15 is 0 Å². The fourth-order valence-electron chi connectivity index (χ4n) is 1.92. The van der Waals surface area contributed by atoms with Crippen molar-refractivity contribution in [2.24, 2.45) is 0 Å². The van der Waals surface area contributed by atoms with E-state index in [4.69, 9.17) is 5.11 Å². The molecule has 0 amide bonds. The van der Waals surface area contributed by atoms with Crippen molar-refractivity contribution in [2.45, 2.75) is 44.8 Å². The fraction of sp³-hybridized carbons (Fsp3) is 0.636. The molecule has 1 N–H and O–H groups in total. The molecule has 1 aliphatic carbocycles. The van der Waals surface area contributed by atoms with E-state index in [9.17, 15) is 18.0 Å². The maximum absolute atomic E-state index is 13.6. The summed E-state index contributed by atoms with van der Waals surface area (Å²) in [7, 11) is 0. The van der Waals surface area contributed by atoms with Gasteiger partial charge in [-0.15, -0.1) is 0 Å². The minimum atomic E-state index is -3.24. The Morgan fingerprint density at radius 2 is 2.11 bits per heavy atom. The van der Waals surface area contributed by atoms with Crippen LogP contribution in [0.25, 0.3) is 0 Å². The summed E-state index contributed by atoms with van der Waals surface area (Å²) in [5.74, 6) is -4.62. The molecule has 2 rings (SSSR count). The number of carboxylic acid groups (broad SMARTS) is 1. The number of hydrogen-bond donors (Lipinski definition) is 1. The first-order valence-electron chi connectivity index (χ1n) is 5.52. The third-order valence-corrected chi connectivity index (χ3v) is 3.03. The fourth-order valence-corrected chi connectivity index (χ4v) is 1.92. The third-order valence-electron chi connectivity index (χ3n) is 3.03. The molecule has 0 atom stereocenters. The van der Waals surface area contributed by atoms with Gasteiger partial charge in [0.15, 0.2) is 0 Å². The summed E-state index contributed by atoms with van der Waals surface area (Å²) in [4.78, 5) is 11.1. The lowest BCUT2D eigenvalue weighted by atomic mass is 10.1. The molecular formula is C11H13F3N2O2. The van der Waals surface area contributed by atoms with E-state index in [1.807, 2.05) is 0 Å². The number of aromatic nitrogens is 2. The van der Waals surface area contributed by atoms with Crippen molar-refractivity contribution in [3.8, 4) is 0 Å². The van der Waals surface area contributed by atoms with Gasteiger partial charge < -0.3 is 5.11 Å². The standard InChI is InChI=1S/C11H13F3N2O2/c1-6-7(9(17)18)16(5-11(14)3-4-11)15-8(6)10(2,12)13/h3-5H2,1-2H3,(H,17,18). The van der Waals surface area contributed by atoms with Crippen LogP contribution in [0.5, 0.6) is 0 Å². The van der Waals surface area contributed by atoms with E-state index < -0.39 is 23.3 Å². The van der Waals surface area contributed by atoms with Crippen LogP contribution in [0.2, 0.25) is 0 Å². The van der Waals surface area contributed by atoms with E-state index in [0.717, 1.165) is 4.68 Å². The Bertz CT molecular complexity index is 501. The summed E-state index contributed by atoms with van der Waals surface area (Å²) in [6.45, 7) is 1.61. The van der Waals surface area contributed by atoms with Gasteiger partial charge in [0, 0.05) is 12.5 Å². The maximum Gasteiger partial charge on any atom is 0.354 e. The van der Waals surface area contributed by atoms with E-state index in [1.165, 1.54) is 6.92 Å². The van der Waals surface area contributed by atoms with Crippen LogP contribution in [0.1, 0.15) is 41.5 Å². The van der Waals surface area contributed by atoms with E-state index in [0.29, 0.717) is 19.8 Å². The molecule has 1 aromatic heterocycles. The second-order valence-electron chi connectivity index (χ2n) is 4.82. The second-order valence-corrected chi connectivity index (χ2v) is 4.82. The highest BCUT2D eigenvalue weighted by Crippen LogP contribution is 2.42. The SMILES string of the molecule is Cc1c(C(C)(F)F)nn(CC2(F)CC2)c1C(=O)O. The average molecular weight is 262 g/mol. The van der Waals surface area contributed by atoms with Gasteiger partial charge in [-0.2, -0.15) is 13.9 Å². The zero-order chi connectivity index (χ0) is 13.7. The lowest BCUT2D eigenvalue weighted by Gasteiger charge is -2.08. The Kier molecular flexibility index (Phi) is 2.68. The minimum absolute atomic E-state index is 0.112. The predicted molar refractivity (Wildman–Crippen MR) is 56.6 cm³/mol. The molecule has 1 fully saturated rings. The van der Waals surface area contributed by atoms with Crippen LogP contribution < -0.4 is 0 Å². The van der Waals surface area contributed by atoms with Crippen LogP contribution in [-0.2, 0) is 12.5 Å². The van der Waals surface area contributed by atoms with Gasteiger partial charge in [0.1, 0.15) is 17.1 Å². The summed E-state index contributed by atoms with van der Waals surface area (Å²) >= 11 is 0. The molecule has 0 unspecified atom stereocenters. The molecule has 100 valence electrons. The molecule has 0 radical (unpaired) electrons. The van der Waals surface area contributed by atoms with E-state index in [-0.39, 0.29) is 17.8 Å². The average Bonchev–Trinajstić information content (AvgIpc) is 2.79. The molecule has 0 aromatic carbocycles. The van der Waals surface area contributed by atoms with Crippen molar-refractivity contribution in [1.29, 1.82) is 0 Å². The van der Waals surface area contributed by atoms with Crippen LogP contribution in [0.15, 0.2) is 0 Å². The Hall–Kier alpha value is -1.53. The Balaban J connectivity index is 2.47. The molecular weight excluding hydrogens is 249 g/mol. The Morgan fingerprint density at radius 3 is 2.50 bits per heavy atom. The van der Waals surface area contributed by atoms with Gasteiger partial charge in [-0.05, 0) is 19.8 Å². The molecule has 4 nitrogen and oxygen atoms in total. The summed E-state index contributed by atoms with van der Waals surface area (Å²) in [6.07, 6.45) is 0.617. The predicted octanol–water partition coefficient (Wildman–Crippen LogP) is 2.50. The van der Waals surface area contributed by atoms with Crippen LogP contribution in [0.3, 0.4) is 0 Å². The monoisotopic (exact) mass is 262 g/mol. The van der Waals surface area contributed by atoms with E-state index in [2.05, 4.69) is 5.10 Å². The lowest BCUT2D eigenvalue weighted by Crippen LogP contribution is -2.19. The molecule has 1 heterocycles. The number of halogens is 3. The smallest absolute Gasteiger partial charge is 0.354 e. The highest BCUT2D eigenvalue weighted by Gasteiger charge is 2.45. The van der Waals surface area contributed by atoms with Crippen molar-refractivity contribution in [3.63, 3.8) is 0 Å². The summed E-state index contributed by atoms with van der Waals surface area (Å²) in [5, 5.41) is 12.6. The van der Waals surface area contributed by atoms with Crippen LogP contribution in [-0.4, -0.2) is 26.5 Å². The number of rotatable bonds is 4. The molecule has 0 spiro atoms. The number of carboxylic acids is 1. The molecule has 1 saturated carbocycles. The van der Waals surface area contributed by atoms with E-state index in [1.54, 1.807) is 0 Å². The largest absolute Gasteiger partial charge is 0.477 e. The lowest BCUT2D eigenvalue weighted by molar-refractivity contribution is 0.0112.